The zero-order chi connectivity index (χ0) is 28.1. The van der Waals surface area contributed by atoms with Crippen molar-refractivity contribution < 1.29 is 44.1 Å². The van der Waals surface area contributed by atoms with E-state index < -0.39 is 72.3 Å². The van der Waals surface area contributed by atoms with Crippen LogP contribution in [0.1, 0.15) is 38.2 Å². The van der Waals surface area contributed by atoms with E-state index >= 15 is 0 Å². The summed E-state index contributed by atoms with van der Waals surface area (Å²) in [5, 5.41) is 35.0. The first-order chi connectivity index (χ1) is 17.3. The van der Waals surface area contributed by atoms with Gasteiger partial charge in [0.2, 0.25) is 23.6 Å². The fourth-order valence-electron chi connectivity index (χ4n) is 3.24. The molecule has 0 aliphatic heterocycles. The quantitative estimate of drug-likeness (QED) is 0.114. The Balaban J connectivity index is 2.95. The van der Waals surface area contributed by atoms with Crippen LogP contribution in [0.15, 0.2) is 30.3 Å². The molecular weight excluding hydrogens is 490 g/mol. The minimum absolute atomic E-state index is 0.139. The van der Waals surface area contributed by atoms with Gasteiger partial charge in [0.05, 0.1) is 12.1 Å². The Labute approximate surface area is 212 Å². The number of rotatable bonds is 16. The van der Waals surface area contributed by atoms with Crippen molar-refractivity contribution in [3.05, 3.63) is 35.9 Å². The number of carboxylic acids is 2. The number of aliphatic carboxylic acids is 2. The van der Waals surface area contributed by atoms with Gasteiger partial charge in [-0.05, 0) is 31.7 Å². The number of hydrogen-bond donors (Lipinski definition) is 8. The van der Waals surface area contributed by atoms with Gasteiger partial charge in [-0.1, -0.05) is 30.3 Å². The fraction of sp³-hybridized carbons (Fsp3) is 0.478. The number of carboxylic acid groups (broad SMARTS) is 2. The normalized spacial score (nSPS) is 14.8. The average molecular weight is 524 g/mol. The molecule has 1 aromatic carbocycles. The Morgan fingerprint density at radius 1 is 0.838 bits per heavy atom. The molecule has 0 heterocycles. The van der Waals surface area contributed by atoms with Crippen LogP contribution in [0, 0.1) is 0 Å². The molecule has 4 amide bonds. The highest BCUT2D eigenvalue weighted by Crippen LogP contribution is 2.06. The van der Waals surface area contributed by atoms with Crippen LogP contribution in [0.4, 0.5) is 0 Å². The van der Waals surface area contributed by atoms with Gasteiger partial charge in [-0.2, -0.15) is 0 Å². The summed E-state index contributed by atoms with van der Waals surface area (Å²) in [6, 6.07) is 3.11. The Morgan fingerprint density at radius 3 is 1.92 bits per heavy atom. The van der Waals surface area contributed by atoms with Gasteiger partial charge in [-0.3, -0.25) is 24.0 Å². The van der Waals surface area contributed by atoms with Crippen LogP contribution in [-0.4, -0.2) is 81.2 Å². The summed E-state index contributed by atoms with van der Waals surface area (Å²) in [5.41, 5.74) is 11.7. The monoisotopic (exact) mass is 523 g/mol. The molecule has 10 N–H and O–H groups in total. The molecule has 0 fully saturated rings. The van der Waals surface area contributed by atoms with Gasteiger partial charge in [-0.15, -0.1) is 0 Å². The predicted octanol–water partition coefficient (Wildman–Crippen LogP) is -2.39. The molecule has 0 aromatic heterocycles. The molecule has 1 rings (SSSR count). The summed E-state index contributed by atoms with van der Waals surface area (Å²) >= 11 is 0. The number of aliphatic hydroxyl groups excluding tert-OH is 1. The molecule has 204 valence electrons. The van der Waals surface area contributed by atoms with Crippen LogP contribution in [0.5, 0.6) is 0 Å². The lowest BCUT2D eigenvalue weighted by Gasteiger charge is -2.26. The standard InChI is InChI=1S/C23H33N5O9/c1-12(29)19(22(35)27-16(23(36)37)7-9-17(25)30)28-21(34)15(8-10-18(31)32)26-20(33)14(24)11-13-5-3-2-4-6-13/h2-6,12,14-16,19,29H,7-11,24H2,1H3,(H2,25,30)(H,26,33)(H,27,35)(H,28,34)(H,31,32)(H,36,37). The van der Waals surface area contributed by atoms with E-state index in [-0.39, 0.29) is 25.7 Å². The first-order valence-electron chi connectivity index (χ1n) is 11.4. The van der Waals surface area contributed by atoms with Crippen molar-refractivity contribution in [2.24, 2.45) is 11.5 Å². The summed E-state index contributed by atoms with van der Waals surface area (Å²) in [6.07, 6.45) is -2.89. The van der Waals surface area contributed by atoms with Crippen molar-refractivity contribution in [1.29, 1.82) is 0 Å². The summed E-state index contributed by atoms with van der Waals surface area (Å²) < 4.78 is 0. The van der Waals surface area contributed by atoms with E-state index in [1.807, 2.05) is 0 Å². The van der Waals surface area contributed by atoms with E-state index in [1.165, 1.54) is 0 Å². The highest BCUT2D eigenvalue weighted by molar-refractivity contribution is 5.94. The van der Waals surface area contributed by atoms with E-state index in [9.17, 15) is 39.0 Å². The molecule has 0 saturated carbocycles. The summed E-state index contributed by atoms with van der Waals surface area (Å²) in [6.45, 7) is 1.16. The lowest BCUT2D eigenvalue weighted by Crippen LogP contribution is -2.60. The number of carbonyl (C=O) groups is 6. The first-order valence-corrected chi connectivity index (χ1v) is 11.4. The third-order valence-corrected chi connectivity index (χ3v) is 5.27. The van der Waals surface area contributed by atoms with E-state index in [0.717, 1.165) is 12.5 Å². The molecule has 0 aliphatic rings. The number of nitrogens with one attached hydrogen (secondary N) is 3. The van der Waals surface area contributed by atoms with E-state index in [1.54, 1.807) is 30.3 Å². The summed E-state index contributed by atoms with van der Waals surface area (Å²) in [4.78, 5) is 71.6. The number of primary amides is 1. The number of aliphatic hydroxyl groups is 1. The number of amides is 4. The number of hydrogen-bond acceptors (Lipinski definition) is 8. The molecule has 14 nitrogen and oxygen atoms in total. The van der Waals surface area contributed by atoms with Crippen molar-refractivity contribution in [3.63, 3.8) is 0 Å². The Kier molecular flexibility index (Phi) is 12.7. The second kappa shape index (κ2) is 15.2. The van der Waals surface area contributed by atoms with Crippen LogP contribution in [0.25, 0.3) is 0 Å². The summed E-state index contributed by atoms with van der Waals surface area (Å²) in [5.74, 6) is -6.32. The van der Waals surface area contributed by atoms with Crippen molar-refractivity contribution in [3.8, 4) is 0 Å². The lowest BCUT2D eigenvalue weighted by molar-refractivity contribution is -0.143. The second-order valence-electron chi connectivity index (χ2n) is 8.42. The van der Waals surface area contributed by atoms with Gasteiger partial charge < -0.3 is 42.7 Å². The highest BCUT2D eigenvalue weighted by Gasteiger charge is 2.33. The van der Waals surface area contributed by atoms with Crippen molar-refractivity contribution in [2.45, 2.75) is 69.3 Å². The molecule has 0 spiro atoms. The first kappa shape index (κ1) is 31.0. The van der Waals surface area contributed by atoms with Crippen molar-refractivity contribution >= 4 is 35.6 Å². The second-order valence-corrected chi connectivity index (χ2v) is 8.42. The zero-order valence-corrected chi connectivity index (χ0v) is 20.3. The average Bonchev–Trinajstić information content (AvgIpc) is 2.82. The van der Waals surface area contributed by atoms with E-state index in [2.05, 4.69) is 16.0 Å². The van der Waals surface area contributed by atoms with E-state index in [0.29, 0.717) is 0 Å². The fourth-order valence-corrected chi connectivity index (χ4v) is 3.24. The lowest BCUT2D eigenvalue weighted by atomic mass is 10.0. The van der Waals surface area contributed by atoms with Gasteiger partial charge in [0.15, 0.2) is 0 Å². The Morgan fingerprint density at radius 2 is 1.41 bits per heavy atom. The van der Waals surface area contributed by atoms with Crippen LogP contribution in [0.2, 0.25) is 0 Å². The third-order valence-electron chi connectivity index (χ3n) is 5.27. The van der Waals surface area contributed by atoms with Crippen LogP contribution in [0.3, 0.4) is 0 Å². The van der Waals surface area contributed by atoms with Crippen LogP contribution in [-0.2, 0) is 35.2 Å². The predicted molar refractivity (Wildman–Crippen MR) is 129 cm³/mol. The SMILES string of the molecule is CC(O)C(NC(=O)C(CCC(=O)O)NC(=O)C(N)Cc1ccccc1)C(=O)NC(CCC(N)=O)C(=O)O. The van der Waals surface area contributed by atoms with Gasteiger partial charge >= 0.3 is 11.9 Å². The topological polar surface area (TPSA) is 251 Å². The number of carbonyl (C=O) groups excluding carboxylic acids is 4. The molecule has 14 heteroatoms. The summed E-state index contributed by atoms with van der Waals surface area (Å²) in [7, 11) is 0. The number of nitrogens with two attached hydrogens (primary N) is 2. The third kappa shape index (κ3) is 11.5. The smallest absolute Gasteiger partial charge is 0.326 e. The molecule has 1 aromatic rings. The molecule has 0 aliphatic carbocycles. The minimum atomic E-state index is -1.66. The molecule has 5 atom stereocenters. The molecular formula is C23H33N5O9. The van der Waals surface area contributed by atoms with E-state index in [4.69, 9.17) is 16.6 Å². The maximum absolute atomic E-state index is 12.9. The van der Waals surface area contributed by atoms with Crippen molar-refractivity contribution in [1.82, 2.24) is 16.0 Å². The van der Waals surface area contributed by atoms with Crippen LogP contribution < -0.4 is 27.4 Å². The molecule has 0 radical (unpaired) electrons. The van der Waals surface area contributed by atoms with Gasteiger partial charge in [0.25, 0.3) is 0 Å². The highest BCUT2D eigenvalue weighted by atomic mass is 16.4. The van der Waals surface area contributed by atoms with Gasteiger partial charge in [0, 0.05) is 12.8 Å². The zero-order valence-electron chi connectivity index (χ0n) is 20.3. The van der Waals surface area contributed by atoms with Gasteiger partial charge in [0.1, 0.15) is 18.1 Å². The number of benzene rings is 1. The Bertz CT molecular complexity index is 971. The largest absolute Gasteiger partial charge is 0.481 e. The maximum atomic E-state index is 12.9. The minimum Gasteiger partial charge on any atom is -0.481 e. The Hall–Kier alpha value is -4.04. The van der Waals surface area contributed by atoms with Gasteiger partial charge in [-0.25, -0.2) is 4.79 Å². The molecule has 37 heavy (non-hydrogen) atoms. The molecule has 0 saturated heterocycles. The molecule has 0 bridgehead atoms. The maximum Gasteiger partial charge on any atom is 0.326 e. The van der Waals surface area contributed by atoms with Crippen molar-refractivity contribution in [2.75, 3.05) is 0 Å². The van der Waals surface area contributed by atoms with Crippen LogP contribution >= 0.6 is 0 Å². The molecule has 5 unspecified atom stereocenters.